The fraction of sp³-hybridized carbons (Fsp3) is 0.688. The number of anilines is 1. The first-order valence-electron chi connectivity index (χ1n) is 8.07. The number of aromatic nitrogens is 2. The van der Waals surface area contributed by atoms with E-state index >= 15 is 0 Å². The molecule has 0 radical (unpaired) electrons. The Bertz CT molecular complexity index is 446. The van der Waals surface area contributed by atoms with Crippen molar-refractivity contribution in [1.29, 1.82) is 0 Å². The second kappa shape index (κ2) is 7.96. The molecular formula is C16H26N4O. The number of amides is 1. The maximum Gasteiger partial charge on any atom is 0.272 e. The zero-order valence-corrected chi connectivity index (χ0v) is 13.1. The van der Waals surface area contributed by atoms with Crippen LogP contribution in [0.5, 0.6) is 0 Å². The van der Waals surface area contributed by atoms with Gasteiger partial charge in [0.15, 0.2) is 5.69 Å². The Hall–Kier alpha value is -1.65. The predicted octanol–water partition coefficient (Wildman–Crippen LogP) is 3.00. The first kappa shape index (κ1) is 15.7. The van der Waals surface area contributed by atoms with Gasteiger partial charge in [-0.05, 0) is 43.7 Å². The minimum Gasteiger partial charge on any atom is -0.369 e. The zero-order chi connectivity index (χ0) is 15.1. The Kier molecular flexibility index (Phi) is 5.96. The van der Waals surface area contributed by atoms with Crippen molar-refractivity contribution >= 4 is 11.7 Å². The normalized spacial score (nSPS) is 22.4. The molecule has 0 spiro atoms. The molecule has 5 nitrogen and oxygen atoms in total. The molecule has 0 aliphatic heterocycles. The van der Waals surface area contributed by atoms with E-state index in [1.807, 2.05) is 6.07 Å². The molecule has 0 bridgehead atoms. The summed E-state index contributed by atoms with van der Waals surface area (Å²) < 4.78 is 0. The van der Waals surface area contributed by atoms with Crippen molar-refractivity contribution in [2.24, 2.45) is 5.92 Å². The van der Waals surface area contributed by atoms with E-state index in [4.69, 9.17) is 0 Å². The SMILES string of the molecule is CCCNc1ccc(C(=O)NC2CCCC(C)CC2)nn1. The van der Waals surface area contributed by atoms with Crippen LogP contribution in [0, 0.1) is 5.92 Å². The van der Waals surface area contributed by atoms with Crippen LogP contribution in [0.25, 0.3) is 0 Å². The predicted molar refractivity (Wildman–Crippen MR) is 84.3 cm³/mol. The third kappa shape index (κ3) is 4.99. The van der Waals surface area contributed by atoms with Crippen LogP contribution in [-0.4, -0.2) is 28.7 Å². The average Bonchev–Trinajstić information content (AvgIpc) is 2.70. The van der Waals surface area contributed by atoms with Gasteiger partial charge in [-0.25, -0.2) is 0 Å². The lowest BCUT2D eigenvalue weighted by molar-refractivity contribution is 0.0927. The van der Waals surface area contributed by atoms with Gasteiger partial charge in [-0.3, -0.25) is 4.79 Å². The molecule has 1 aliphatic carbocycles. The summed E-state index contributed by atoms with van der Waals surface area (Å²) in [6.45, 7) is 5.24. The Balaban J connectivity index is 1.87. The van der Waals surface area contributed by atoms with Gasteiger partial charge in [0.25, 0.3) is 5.91 Å². The largest absolute Gasteiger partial charge is 0.369 e. The van der Waals surface area contributed by atoms with Gasteiger partial charge in [0, 0.05) is 12.6 Å². The molecule has 1 aromatic heterocycles. The van der Waals surface area contributed by atoms with Crippen molar-refractivity contribution in [3.8, 4) is 0 Å². The summed E-state index contributed by atoms with van der Waals surface area (Å²) in [5.74, 6) is 1.39. The van der Waals surface area contributed by atoms with Crippen LogP contribution >= 0.6 is 0 Å². The monoisotopic (exact) mass is 290 g/mol. The highest BCUT2D eigenvalue weighted by Crippen LogP contribution is 2.22. The number of rotatable bonds is 5. The molecule has 1 fully saturated rings. The third-order valence-electron chi connectivity index (χ3n) is 4.05. The minimum atomic E-state index is -0.107. The summed E-state index contributed by atoms with van der Waals surface area (Å²) in [5, 5.41) is 14.3. The summed E-state index contributed by atoms with van der Waals surface area (Å²) in [4.78, 5) is 12.2. The molecule has 2 N–H and O–H groups in total. The Morgan fingerprint density at radius 3 is 2.81 bits per heavy atom. The molecule has 0 saturated heterocycles. The molecular weight excluding hydrogens is 264 g/mol. The van der Waals surface area contributed by atoms with Crippen molar-refractivity contribution in [3.63, 3.8) is 0 Å². The van der Waals surface area contributed by atoms with Crippen molar-refractivity contribution in [3.05, 3.63) is 17.8 Å². The van der Waals surface area contributed by atoms with E-state index in [9.17, 15) is 4.79 Å². The van der Waals surface area contributed by atoms with E-state index < -0.39 is 0 Å². The van der Waals surface area contributed by atoms with Crippen molar-refractivity contribution in [1.82, 2.24) is 15.5 Å². The smallest absolute Gasteiger partial charge is 0.272 e. The van der Waals surface area contributed by atoms with E-state index in [0.717, 1.165) is 37.5 Å². The van der Waals surface area contributed by atoms with E-state index in [2.05, 4.69) is 34.7 Å². The number of nitrogens with zero attached hydrogens (tertiary/aromatic N) is 2. The molecule has 1 amide bonds. The highest BCUT2D eigenvalue weighted by Gasteiger charge is 2.19. The second-order valence-corrected chi connectivity index (χ2v) is 6.01. The zero-order valence-electron chi connectivity index (χ0n) is 13.1. The van der Waals surface area contributed by atoms with Crippen LogP contribution in [-0.2, 0) is 0 Å². The van der Waals surface area contributed by atoms with Crippen LogP contribution in [0.4, 0.5) is 5.82 Å². The maximum absolute atomic E-state index is 12.2. The first-order chi connectivity index (χ1) is 10.2. The number of carbonyl (C=O) groups is 1. The number of carbonyl (C=O) groups excluding carboxylic acids is 1. The lowest BCUT2D eigenvalue weighted by Crippen LogP contribution is -2.35. The molecule has 21 heavy (non-hydrogen) atoms. The van der Waals surface area contributed by atoms with Crippen LogP contribution in [0.3, 0.4) is 0 Å². The van der Waals surface area contributed by atoms with E-state index in [-0.39, 0.29) is 11.9 Å². The van der Waals surface area contributed by atoms with Gasteiger partial charge >= 0.3 is 0 Å². The number of hydrogen-bond donors (Lipinski definition) is 2. The molecule has 2 atom stereocenters. The van der Waals surface area contributed by atoms with Crippen LogP contribution in [0.15, 0.2) is 12.1 Å². The third-order valence-corrected chi connectivity index (χ3v) is 4.05. The van der Waals surface area contributed by atoms with Gasteiger partial charge < -0.3 is 10.6 Å². The van der Waals surface area contributed by atoms with E-state index in [1.165, 1.54) is 19.3 Å². The minimum absolute atomic E-state index is 0.107. The molecule has 5 heteroatoms. The lowest BCUT2D eigenvalue weighted by Gasteiger charge is -2.16. The maximum atomic E-state index is 12.2. The molecule has 1 aromatic rings. The van der Waals surface area contributed by atoms with Crippen LogP contribution in [0.1, 0.15) is 62.9 Å². The summed E-state index contributed by atoms with van der Waals surface area (Å²) in [6.07, 6.45) is 6.82. The highest BCUT2D eigenvalue weighted by molar-refractivity contribution is 5.92. The van der Waals surface area contributed by atoms with E-state index in [1.54, 1.807) is 6.07 Å². The topological polar surface area (TPSA) is 66.9 Å². The molecule has 1 aliphatic rings. The van der Waals surface area contributed by atoms with Crippen LogP contribution < -0.4 is 10.6 Å². The molecule has 0 aromatic carbocycles. The quantitative estimate of drug-likeness (QED) is 0.818. The van der Waals surface area contributed by atoms with E-state index in [0.29, 0.717) is 5.69 Å². The van der Waals surface area contributed by atoms with Crippen LogP contribution in [0.2, 0.25) is 0 Å². The molecule has 1 saturated carbocycles. The summed E-state index contributed by atoms with van der Waals surface area (Å²) in [5.41, 5.74) is 0.398. The molecule has 1 heterocycles. The van der Waals surface area contributed by atoms with Gasteiger partial charge in [-0.2, -0.15) is 0 Å². The summed E-state index contributed by atoms with van der Waals surface area (Å²) in [7, 11) is 0. The fourth-order valence-electron chi connectivity index (χ4n) is 2.69. The standard InChI is InChI=1S/C16H26N4O/c1-3-11-17-15-10-9-14(19-20-15)16(21)18-13-6-4-5-12(2)7-8-13/h9-10,12-13H,3-8,11H2,1-2H3,(H,17,20)(H,18,21). The van der Waals surface area contributed by atoms with Crippen molar-refractivity contribution in [2.75, 3.05) is 11.9 Å². The number of hydrogen-bond acceptors (Lipinski definition) is 4. The second-order valence-electron chi connectivity index (χ2n) is 6.01. The number of nitrogens with one attached hydrogen (secondary N) is 2. The van der Waals surface area contributed by atoms with Gasteiger partial charge in [-0.15, -0.1) is 10.2 Å². The summed E-state index contributed by atoms with van der Waals surface area (Å²) in [6, 6.07) is 3.83. The van der Waals surface area contributed by atoms with Gasteiger partial charge in [0.05, 0.1) is 0 Å². The Morgan fingerprint density at radius 1 is 1.24 bits per heavy atom. The first-order valence-corrected chi connectivity index (χ1v) is 8.07. The molecule has 2 rings (SSSR count). The lowest BCUT2D eigenvalue weighted by atomic mass is 10.0. The van der Waals surface area contributed by atoms with Gasteiger partial charge in [0.1, 0.15) is 5.82 Å². The molecule has 116 valence electrons. The summed E-state index contributed by atoms with van der Waals surface area (Å²) >= 11 is 0. The Morgan fingerprint density at radius 2 is 2.10 bits per heavy atom. The van der Waals surface area contributed by atoms with Crippen molar-refractivity contribution < 1.29 is 4.79 Å². The average molecular weight is 290 g/mol. The fourth-order valence-corrected chi connectivity index (χ4v) is 2.69. The highest BCUT2D eigenvalue weighted by atomic mass is 16.2. The molecule has 2 unspecified atom stereocenters. The Labute approximate surface area is 126 Å². The van der Waals surface area contributed by atoms with Gasteiger partial charge in [0.2, 0.25) is 0 Å². The van der Waals surface area contributed by atoms with Gasteiger partial charge in [-0.1, -0.05) is 26.7 Å². The van der Waals surface area contributed by atoms with Crippen molar-refractivity contribution in [2.45, 2.75) is 58.4 Å².